The molecule has 0 amide bonds. The van der Waals surface area contributed by atoms with Crippen LogP contribution >= 0.6 is 0 Å². The second kappa shape index (κ2) is 7.83. The van der Waals surface area contributed by atoms with Crippen LogP contribution < -0.4 is 0 Å². The third-order valence-corrected chi connectivity index (χ3v) is 4.25. The van der Waals surface area contributed by atoms with Gasteiger partial charge in [0.15, 0.2) is 0 Å². The third kappa shape index (κ3) is 3.91. The molecule has 1 heterocycles. The average Bonchev–Trinajstić information content (AvgIpc) is 2.97. The summed E-state index contributed by atoms with van der Waals surface area (Å²) in [6, 6.07) is 20.2. The fourth-order valence-electron chi connectivity index (χ4n) is 2.77. The highest BCUT2D eigenvalue weighted by Gasteiger charge is 2.18. The van der Waals surface area contributed by atoms with Crippen LogP contribution in [0.2, 0.25) is 0 Å². The predicted molar refractivity (Wildman–Crippen MR) is 103 cm³/mol. The van der Waals surface area contributed by atoms with Gasteiger partial charge in [0, 0.05) is 24.6 Å². The molecule has 1 aromatic heterocycles. The van der Waals surface area contributed by atoms with Crippen molar-refractivity contribution >= 4 is 5.97 Å². The topological polar surface area (TPSA) is 44.1 Å². The van der Waals surface area contributed by atoms with E-state index >= 15 is 0 Å². The number of imidazole rings is 1. The molecule has 0 N–H and O–H groups in total. The van der Waals surface area contributed by atoms with E-state index in [1.54, 1.807) is 6.92 Å². The fraction of sp³-hybridized carbons (Fsp3) is 0.182. The monoisotopic (exact) mass is 346 g/mol. The van der Waals surface area contributed by atoms with Crippen LogP contribution in [0.3, 0.4) is 0 Å². The molecule has 0 aliphatic rings. The summed E-state index contributed by atoms with van der Waals surface area (Å²) in [5.74, 6) is 0.534. The summed E-state index contributed by atoms with van der Waals surface area (Å²) in [6.07, 6.45) is 0.714. The summed E-state index contributed by atoms with van der Waals surface area (Å²) in [7, 11) is 1.96. The molecule has 0 saturated heterocycles. The number of ether oxygens (including phenoxy) is 1. The molecule has 0 fully saturated rings. The molecule has 4 nitrogen and oxygen atoms in total. The van der Waals surface area contributed by atoms with E-state index in [2.05, 4.69) is 18.7 Å². The van der Waals surface area contributed by atoms with Crippen LogP contribution in [0, 0.1) is 0 Å². The molecular weight excluding hydrogens is 324 g/mol. The van der Waals surface area contributed by atoms with Crippen LogP contribution in [-0.2, 0) is 29.6 Å². The van der Waals surface area contributed by atoms with Gasteiger partial charge in [0.25, 0.3) is 0 Å². The summed E-state index contributed by atoms with van der Waals surface area (Å²) >= 11 is 0. The Morgan fingerprint density at radius 3 is 2.31 bits per heavy atom. The third-order valence-electron chi connectivity index (χ3n) is 4.25. The maximum atomic E-state index is 11.8. The largest absolute Gasteiger partial charge is 0.456 e. The second-order valence-corrected chi connectivity index (χ2v) is 6.27. The van der Waals surface area contributed by atoms with Crippen molar-refractivity contribution in [2.24, 2.45) is 7.05 Å². The number of aromatic nitrogens is 2. The van der Waals surface area contributed by atoms with Crippen LogP contribution in [0.4, 0.5) is 0 Å². The van der Waals surface area contributed by atoms with E-state index in [0.29, 0.717) is 12.0 Å². The van der Waals surface area contributed by atoms with Gasteiger partial charge in [0.05, 0.1) is 11.4 Å². The zero-order chi connectivity index (χ0) is 18.5. The number of carbonyl (C=O) groups excluding carboxylic acids is 1. The molecule has 2 aromatic carbocycles. The van der Waals surface area contributed by atoms with Crippen LogP contribution in [0.15, 0.2) is 72.8 Å². The Kier molecular flexibility index (Phi) is 5.32. The highest BCUT2D eigenvalue weighted by Crippen LogP contribution is 2.25. The predicted octanol–water partition coefficient (Wildman–Crippen LogP) is 4.30. The van der Waals surface area contributed by atoms with Crippen molar-refractivity contribution in [3.63, 3.8) is 0 Å². The van der Waals surface area contributed by atoms with Crippen molar-refractivity contribution in [3.8, 4) is 11.3 Å². The van der Waals surface area contributed by atoms with Gasteiger partial charge in [-0.05, 0) is 12.5 Å². The highest BCUT2D eigenvalue weighted by atomic mass is 16.5. The molecule has 4 heteroatoms. The summed E-state index contributed by atoms with van der Waals surface area (Å²) in [5.41, 5.74) is 4.29. The number of nitrogens with zero attached hydrogens (tertiary/aromatic N) is 2. The van der Waals surface area contributed by atoms with Gasteiger partial charge in [0.2, 0.25) is 0 Å². The number of carbonyl (C=O) groups is 1. The lowest BCUT2D eigenvalue weighted by molar-refractivity contribution is -0.140. The molecular formula is C22H22N2O2. The van der Waals surface area contributed by atoms with Gasteiger partial charge in [-0.25, -0.2) is 9.78 Å². The Bertz CT molecular complexity index is 912. The minimum Gasteiger partial charge on any atom is -0.456 e. The zero-order valence-electron chi connectivity index (χ0n) is 15.1. The number of hydrogen-bond donors (Lipinski definition) is 0. The normalized spacial score (nSPS) is 10.5. The summed E-state index contributed by atoms with van der Waals surface area (Å²) in [5, 5.41) is 0. The molecule has 0 atom stereocenters. The van der Waals surface area contributed by atoms with Crippen LogP contribution in [0.25, 0.3) is 11.3 Å². The van der Waals surface area contributed by atoms with Crippen molar-refractivity contribution in [1.82, 2.24) is 9.55 Å². The zero-order valence-corrected chi connectivity index (χ0v) is 15.1. The number of benzene rings is 2. The highest BCUT2D eigenvalue weighted by molar-refractivity contribution is 5.87. The van der Waals surface area contributed by atoms with E-state index in [-0.39, 0.29) is 6.61 Å². The number of esters is 1. The molecule has 3 aromatic rings. The van der Waals surface area contributed by atoms with Crippen molar-refractivity contribution in [1.29, 1.82) is 0 Å². The molecule has 0 bridgehead atoms. The molecule has 132 valence electrons. The van der Waals surface area contributed by atoms with Crippen molar-refractivity contribution in [3.05, 3.63) is 89.9 Å². The Labute approximate surface area is 153 Å². The van der Waals surface area contributed by atoms with Crippen LogP contribution in [0.5, 0.6) is 0 Å². The molecule has 0 saturated carbocycles. The lowest BCUT2D eigenvalue weighted by atomic mass is 10.1. The maximum absolute atomic E-state index is 11.8. The van der Waals surface area contributed by atoms with Gasteiger partial charge in [-0.1, -0.05) is 67.2 Å². The first-order chi connectivity index (χ1) is 12.6. The fourth-order valence-corrected chi connectivity index (χ4v) is 2.77. The van der Waals surface area contributed by atoms with E-state index in [4.69, 9.17) is 9.72 Å². The van der Waals surface area contributed by atoms with Gasteiger partial charge in [-0.3, -0.25) is 0 Å². The van der Waals surface area contributed by atoms with E-state index in [9.17, 15) is 4.79 Å². The molecule has 0 unspecified atom stereocenters. The SMILES string of the molecule is C=C(C)C(=O)OCc1c(-c2ccccc2)nc(Cc2ccccc2)n1C. The Balaban J connectivity index is 1.97. The average molecular weight is 346 g/mol. The van der Waals surface area contributed by atoms with E-state index in [1.807, 2.05) is 60.1 Å². The molecule has 0 spiro atoms. The van der Waals surface area contributed by atoms with Gasteiger partial charge >= 0.3 is 5.97 Å². The second-order valence-electron chi connectivity index (χ2n) is 6.27. The number of hydrogen-bond acceptors (Lipinski definition) is 3. The van der Waals surface area contributed by atoms with E-state index < -0.39 is 5.97 Å². The first-order valence-corrected chi connectivity index (χ1v) is 8.52. The number of rotatable bonds is 6. The van der Waals surface area contributed by atoms with E-state index in [0.717, 1.165) is 22.8 Å². The summed E-state index contributed by atoms with van der Waals surface area (Å²) < 4.78 is 7.41. The minimum absolute atomic E-state index is 0.161. The summed E-state index contributed by atoms with van der Waals surface area (Å²) in [4.78, 5) is 16.7. The smallest absolute Gasteiger partial charge is 0.333 e. The van der Waals surface area contributed by atoms with Crippen molar-refractivity contribution in [2.45, 2.75) is 20.0 Å². The quantitative estimate of drug-likeness (QED) is 0.494. The Morgan fingerprint density at radius 1 is 1.08 bits per heavy atom. The maximum Gasteiger partial charge on any atom is 0.333 e. The first kappa shape index (κ1) is 17.7. The molecule has 0 radical (unpaired) electrons. The Morgan fingerprint density at radius 2 is 1.69 bits per heavy atom. The lowest BCUT2D eigenvalue weighted by Gasteiger charge is -2.09. The van der Waals surface area contributed by atoms with Crippen molar-refractivity contribution in [2.75, 3.05) is 0 Å². The standard InChI is InChI=1S/C22H22N2O2/c1-16(2)22(25)26-15-19-21(18-12-8-5-9-13-18)23-20(24(19)3)14-17-10-6-4-7-11-17/h4-13H,1,14-15H2,2-3H3. The van der Waals surface area contributed by atoms with Crippen LogP contribution in [-0.4, -0.2) is 15.5 Å². The van der Waals surface area contributed by atoms with E-state index in [1.165, 1.54) is 5.56 Å². The van der Waals surface area contributed by atoms with Gasteiger partial charge in [-0.2, -0.15) is 0 Å². The molecule has 3 rings (SSSR count). The summed E-state index contributed by atoms with van der Waals surface area (Å²) in [6.45, 7) is 5.44. The van der Waals surface area contributed by atoms with Gasteiger partial charge < -0.3 is 9.30 Å². The first-order valence-electron chi connectivity index (χ1n) is 8.52. The lowest BCUT2D eigenvalue weighted by Crippen LogP contribution is -2.09. The minimum atomic E-state index is -0.394. The Hall–Kier alpha value is -3.14. The molecule has 26 heavy (non-hydrogen) atoms. The van der Waals surface area contributed by atoms with Gasteiger partial charge in [0.1, 0.15) is 12.4 Å². The van der Waals surface area contributed by atoms with Crippen LogP contribution in [0.1, 0.15) is 24.0 Å². The van der Waals surface area contributed by atoms with Gasteiger partial charge in [-0.15, -0.1) is 0 Å². The molecule has 0 aliphatic heterocycles. The van der Waals surface area contributed by atoms with Crippen molar-refractivity contribution < 1.29 is 9.53 Å². The molecule has 0 aliphatic carbocycles.